The second-order valence-electron chi connectivity index (χ2n) is 6.59. The van der Waals surface area contributed by atoms with E-state index in [1.54, 1.807) is 17.4 Å². The van der Waals surface area contributed by atoms with Gasteiger partial charge in [0.25, 0.3) is 5.82 Å². The number of hydrogen-bond acceptors (Lipinski definition) is 8. The molecule has 8 nitrogen and oxygen atoms in total. The first-order valence-electron chi connectivity index (χ1n) is 9.05. The molecule has 4 aromatic heterocycles. The molecule has 4 aromatic rings. The predicted molar refractivity (Wildman–Crippen MR) is 102 cm³/mol. The SMILES string of the molecule is FC(F)(F)c1nnc2ccc(Sc3nnc(-c4cccs4)n3CC3CCCO3)nn12. The molecule has 0 amide bonds. The highest BCUT2D eigenvalue weighted by atomic mass is 32.2. The van der Waals surface area contributed by atoms with Gasteiger partial charge < -0.3 is 4.74 Å². The van der Waals surface area contributed by atoms with Gasteiger partial charge in [0.15, 0.2) is 16.6 Å². The van der Waals surface area contributed by atoms with E-state index < -0.39 is 12.0 Å². The standard InChI is InChI=1S/C17H14F3N7OS2/c18-17(19,20)15-23-21-12-5-6-13(25-27(12)15)30-16-24-22-14(11-4-2-8-29-11)26(16)9-10-3-1-7-28-10/h2,4-6,8,10H,1,3,7,9H2. The van der Waals surface area contributed by atoms with Crippen LogP contribution in [-0.2, 0) is 17.5 Å². The Hall–Kier alpha value is -2.51. The lowest BCUT2D eigenvalue weighted by Gasteiger charge is -2.14. The number of hydrogen-bond donors (Lipinski definition) is 0. The monoisotopic (exact) mass is 453 g/mol. The van der Waals surface area contributed by atoms with Gasteiger partial charge in [0.1, 0.15) is 5.03 Å². The zero-order chi connectivity index (χ0) is 20.7. The van der Waals surface area contributed by atoms with Gasteiger partial charge in [-0.05, 0) is 48.2 Å². The number of ether oxygens (including phenoxy) is 1. The first-order valence-corrected chi connectivity index (χ1v) is 10.7. The van der Waals surface area contributed by atoms with Crippen molar-refractivity contribution in [3.63, 3.8) is 0 Å². The minimum absolute atomic E-state index is 0.0202. The molecule has 0 saturated carbocycles. The van der Waals surface area contributed by atoms with Crippen LogP contribution in [0.25, 0.3) is 16.3 Å². The van der Waals surface area contributed by atoms with Crippen molar-refractivity contribution in [1.29, 1.82) is 0 Å². The number of thiophene rings is 1. The summed E-state index contributed by atoms with van der Waals surface area (Å²) < 4.78 is 47.9. The van der Waals surface area contributed by atoms with E-state index in [0.29, 0.717) is 27.1 Å². The van der Waals surface area contributed by atoms with Gasteiger partial charge >= 0.3 is 6.18 Å². The quantitative estimate of drug-likeness (QED) is 0.455. The van der Waals surface area contributed by atoms with Crippen molar-refractivity contribution < 1.29 is 17.9 Å². The largest absolute Gasteiger partial charge is 0.453 e. The zero-order valence-corrected chi connectivity index (χ0v) is 16.9. The summed E-state index contributed by atoms with van der Waals surface area (Å²) in [7, 11) is 0. The molecule has 0 bridgehead atoms. The molecule has 1 saturated heterocycles. The Morgan fingerprint density at radius 1 is 1.17 bits per heavy atom. The Balaban J connectivity index is 1.51. The van der Waals surface area contributed by atoms with Gasteiger partial charge in [0.05, 0.1) is 17.5 Å². The molecule has 1 unspecified atom stereocenters. The van der Waals surface area contributed by atoms with E-state index in [-0.39, 0.29) is 11.8 Å². The molecule has 0 radical (unpaired) electrons. The van der Waals surface area contributed by atoms with Gasteiger partial charge in [-0.25, -0.2) is 0 Å². The molecule has 1 atom stereocenters. The summed E-state index contributed by atoms with van der Waals surface area (Å²) >= 11 is 2.68. The normalized spacial score (nSPS) is 17.2. The van der Waals surface area contributed by atoms with E-state index in [1.165, 1.54) is 6.07 Å². The maximum absolute atomic E-state index is 13.2. The lowest BCUT2D eigenvalue weighted by atomic mass is 10.2. The molecule has 156 valence electrons. The highest BCUT2D eigenvalue weighted by molar-refractivity contribution is 7.99. The van der Waals surface area contributed by atoms with Crippen molar-refractivity contribution in [3.8, 4) is 10.7 Å². The molecule has 13 heteroatoms. The van der Waals surface area contributed by atoms with Crippen LogP contribution in [0.1, 0.15) is 18.7 Å². The Bertz CT molecular complexity index is 1170. The van der Waals surface area contributed by atoms with Crippen LogP contribution in [0.5, 0.6) is 0 Å². The second-order valence-corrected chi connectivity index (χ2v) is 8.53. The summed E-state index contributed by atoms with van der Waals surface area (Å²) in [6.07, 6.45) is -2.67. The maximum Gasteiger partial charge on any atom is 0.453 e. The molecule has 1 fully saturated rings. The summed E-state index contributed by atoms with van der Waals surface area (Å²) in [4.78, 5) is 0.953. The van der Waals surface area contributed by atoms with Gasteiger partial charge in [-0.15, -0.1) is 31.7 Å². The van der Waals surface area contributed by atoms with Crippen LogP contribution in [0.15, 0.2) is 39.8 Å². The average molecular weight is 453 g/mol. The molecular weight excluding hydrogens is 439 g/mol. The van der Waals surface area contributed by atoms with E-state index >= 15 is 0 Å². The van der Waals surface area contributed by atoms with Crippen LogP contribution in [0.3, 0.4) is 0 Å². The molecule has 1 aliphatic rings. The summed E-state index contributed by atoms with van der Waals surface area (Å²) in [6, 6.07) is 6.91. The van der Waals surface area contributed by atoms with Crippen molar-refractivity contribution in [2.75, 3.05) is 6.61 Å². The number of nitrogens with zero attached hydrogens (tertiary/aromatic N) is 7. The van der Waals surface area contributed by atoms with Gasteiger partial charge in [-0.2, -0.15) is 22.8 Å². The van der Waals surface area contributed by atoms with E-state index in [9.17, 15) is 13.2 Å². The van der Waals surface area contributed by atoms with Crippen molar-refractivity contribution in [3.05, 3.63) is 35.5 Å². The Morgan fingerprint density at radius 2 is 2.07 bits per heavy atom. The van der Waals surface area contributed by atoms with Gasteiger partial charge in [-0.3, -0.25) is 4.57 Å². The lowest BCUT2D eigenvalue weighted by Crippen LogP contribution is -2.16. The number of fused-ring (bicyclic) bond motifs is 1. The highest BCUT2D eigenvalue weighted by Gasteiger charge is 2.37. The number of rotatable bonds is 5. The first kappa shape index (κ1) is 19.5. The van der Waals surface area contributed by atoms with Crippen LogP contribution in [0.4, 0.5) is 13.2 Å². The number of alkyl halides is 3. The minimum Gasteiger partial charge on any atom is -0.376 e. The van der Waals surface area contributed by atoms with E-state index in [4.69, 9.17) is 4.74 Å². The van der Waals surface area contributed by atoms with Gasteiger partial charge in [0, 0.05) is 6.61 Å². The summed E-state index contributed by atoms with van der Waals surface area (Å²) in [5.41, 5.74) is 0.0202. The Kier molecular flexibility index (Phi) is 4.95. The van der Waals surface area contributed by atoms with E-state index in [1.807, 2.05) is 22.1 Å². The average Bonchev–Trinajstić information content (AvgIpc) is 3.49. The summed E-state index contributed by atoms with van der Waals surface area (Å²) in [6.45, 7) is 1.28. The Morgan fingerprint density at radius 3 is 2.80 bits per heavy atom. The zero-order valence-electron chi connectivity index (χ0n) is 15.3. The van der Waals surface area contributed by atoms with Crippen molar-refractivity contribution in [1.82, 2.24) is 34.6 Å². The molecule has 0 aromatic carbocycles. The lowest BCUT2D eigenvalue weighted by molar-refractivity contribution is -0.146. The fraction of sp³-hybridized carbons (Fsp3) is 0.353. The van der Waals surface area contributed by atoms with Crippen LogP contribution < -0.4 is 0 Å². The third-order valence-corrected chi connectivity index (χ3v) is 6.33. The predicted octanol–water partition coefficient (Wildman–Crippen LogP) is 3.79. The maximum atomic E-state index is 13.2. The molecular formula is C17H14F3N7OS2. The topological polar surface area (TPSA) is 83.0 Å². The number of aromatic nitrogens is 7. The van der Waals surface area contributed by atoms with Crippen molar-refractivity contribution >= 4 is 28.7 Å². The van der Waals surface area contributed by atoms with Gasteiger partial charge in [-0.1, -0.05) is 6.07 Å². The Labute approximate surface area is 176 Å². The molecule has 30 heavy (non-hydrogen) atoms. The summed E-state index contributed by atoms with van der Waals surface area (Å²) in [5, 5.41) is 22.2. The third-order valence-electron chi connectivity index (χ3n) is 4.56. The van der Waals surface area contributed by atoms with E-state index in [0.717, 1.165) is 36.1 Å². The third kappa shape index (κ3) is 3.68. The van der Waals surface area contributed by atoms with Crippen LogP contribution >= 0.6 is 23.1 Å². The van der Waals surface area contributed by atoms with Crippen LogP contribution in [0.2, 0.25) is 0 Å². The fourth-order valence-corrected chi connectivity index (χ4v) is 4.72. The summed E-state index contributed by atoms with van der Waals surface area (Å²) in [5.74, 6) is -0.468. The number of halogens is 3. The van der Waals surface area contributed by atoms with Crippen LogP contribution in [-0.4, -0.2) is 47.3 Å². The van der Waals surface area contributed by atoms with Crippen molar-refractivity contribution in [2.24, 2.45) is 0 Å². The van der Waals surface area contributed by atoms with Gasteiger partial charge in [0.2, 0.25) is 0 Å². The molecule has 0 spiro atoms. The molecule has 1 aliphatic heterocycles. The highest BCUT2D eigenvalue weighted by Crippen LogP contribution is 2.33. The molecule has 0 N–H and O–H groups in total. The smallest absolute Gasteiger partial charge is 0.376 e. The molecule has 0 aliphatic carbocycles. The molecule has 5 heterocycles. The fourth-order valence-electron chi connectivity index (χ4n) is 3.21. The minimum atomic E-state index is -4.65. The second kappa shape index (κ2) is 7.63. The first-order chi connectivity index (χ1) is 14.5. The van der Waals surface area contributed by atoms with Crippen LogP contribution in [0, 0.1) is 0 Å². The van der Waals surface area contributed by atoms with E-state index in [2.05, 4.69) is 25.5 Å². The molecule has 5 rings (SSSR count). The van der Waals surface area contributed by atoms with Crippen molar-refractivity contribution in [2.45, 2.75) is 41.8 Å².